The molecule has 2 rings (SSSR count). The molecule has 0 amide bonds. The van der Waals surface area contributed by atoms with Crippen molar-refractivity contribution in [3.05, 3.63) is 48.0 Å². The van der Waals surface area contributed by atoms with Crippen LogP contribution in [0.15, 0.2) is 36.5 Å². The SMILES string of the molecule is Cn1nccc1CCN(CCCN)c1cccc(F)c1. The molecule has 1 aromatic carbocycles. The number of halogens is 1. The van der Waals surface area contributed by atoms with Gasteiger partial charge in [0, 0.05) is 44.1 Å². The summed E-state index contributed by atoms with van der Waals surface area (Å²) in [5, 5.41) is 4.16. The van der Waals surface area contributed by atoms with Gasteiger partial charge in [0.15, 0.2) is 0 Å². The van der Waals surface area contributed by atoms with Crippen LogP contribution in [0.4, 0.5) is 10.1 Å². The van der Waals surface area contributed by atoms with Gasteiger partial charge >= 0.3 is 0 Å². The molecule has 0 radical (unpaired) electrons. The fourth-order valence-corrected chi connectivity index (χ4v) is 2.22. The van der Waals surface area contributed by atoms with Gasteiger partial charge in [-0.2, -0.15) is 5.10 Å². The van der Waals surface area contributed by atoms with Crippen LogP contribution in [0, 0.1) is 5.82 Å². The highest BCUT2D eigenvalue weighted by atomic mass is 19.1. The zero-order valence-electron chi connectivity index (χ0n) is 11.8. The number of hydrogen-bond acceptors (Lipinski definition) is 3. The largest absolute Gasteiger partial charge is 0.371 e. The lowest BCUT2D eigenvalue weighted by Crippen LogP contribution is -2.29. The zero-order valence-corrected chi connectivity index (χ0v) is 11.8. The Morgan fingerprint density at radius 2 is 2.15 bits per heavy atom. The summed E-state index contributed by atoms with van der Waals surface area (Å²) in [6.45, 7) is 2.29. The number of aromatic nitrogens is 2. The van der Waals surface area contributed by atoms with E-state index in [1.807, 2.05) is 23.9 Å². The van der Waals surface area contributed by atoms with E-state index < -0.39 is 0 Å². The van der Waals surface area contributed by atoms with Gasteiger partial charge in [0.05, 0.1) is 0 Å². The summed E-state index contributed by atoms with van der Waals surface area (Å²) in [6, 6.07) is 8.71. The second-order valence-electron chi connectivity index (χ2n) is 4.81. The Morgan fingerprint density at radius 3 is 2.80 bits per heavy atom. The number of nitrogens with two attached hydrogens (primary N) is 1. The number of rotatable bonds is 7. The van der Waals surface area contributed by atoms with Crippen molar-refractivity contribution in [2.24, 2.45) is 12.8 Å². The van der Waals surface area contributed by atoms with Gasteiger partial charge in [0.1, 0.15) is 5.82 Å². The summed E-state index contributed by atoms with van der Waals surface area (Å²) in [4.78, 5) is 2.17. The fourth-order valence-electron chi connectivity index (χ4n) is 2.22. The summed E-state index contributed by atoms with van der Waals surface area (Å²) in [5.41, 5.74) is 7.65. The molecule has 0 atom stereocenters. The lowest BCUT2D eigenvalue weighted by Gasteiger charge is -2.24. The second-order valence-corrected chi connectivity index (χ2v) is 4.81. The molecule has 0 spiro atoms. The lowest BCUT2D eigenvalue weighted by atomic mass is 10.2. The van der Waals surface area contributed by atoms with Crippen molar-refractivity contribution in [1.29, 1.82) is 0 Å². The average molecular weight is 276 g/mol. The van der Waals surface area contributed by atoms with E-state index in [9.17, 15) is 4.39 Å². The van der Waals surface area contributed by atoms with Crippen molar-refractivity contribution < 1.29 is 4.39 Å². The molecule has 0 aliphatic heterocycles. The van der Waals surface area contributed by atoms with Crippen LogP contribution in [-0.2, 0) is 13.5 Å². The molecule has 0 fully saturated rings. The fraction of sp³-hybridized carbons (Fsp3) is 0.400. The first kappa shape index (κ1) is 14.5. The molecule has 0 aliphatic carbocycles. The Hall–Kier alpha value is -1.88. The average Bonchev–Trinajstić information content (AvgIpc) is 2.84. The van der Waals surface area contributed by atoms with Gasteiger partial charge in [-0.05, 0) is 37.2 Å². The molecule has 20 heavy (non-hydrogen) atoms. The van der Waals surface area contributed by atoms with Crippen LogP contribution in [0.25, 0.3) is 0 Å². The van der Waals surface area contributed by atoms with E-state index in [1.165, 1.54) is 11.8 Å². The summed E-state index contributed by atoms with van der Waals surface area (Å²) in [5.74, 6) is -0.208. The predicted octanol–water partition coefficient (Wildman–Crippen LogP) is 1.96. The predicted molar refractivity (Wildman–Crippen MR) is 79.2 cm³/mol. The van der Waals surface area contributed by atoms with E-state index in [0.29, 0.717) is 6.54 Å². The third-order valence-corrected chi connectivity index (χ3v) is 3.37. The number of benzene rings is 1. The molecule has 4 nitrogen and oxygen atoms in total. The molecule has 0 bridgehead atoms. The van der Waals surface area contributed by atoms with Crippen molar-refractivity contribution in [1.82, 2.24) is 9.78 Å². The van der Waals surface area contributed by atoms with E-state index >= 15 is 0 Å². The molecule has 5 heteroatoms. The Balaban J connectivity index is 2.05. The molecule has 1 heterocycles. The zero-order chi connectivity index (χ0) is 14.4. The highest BCUT2D eigenvalue weighted by Crippen LogP contribution is 2.16. The summed E-state index contributed by atoms with van der Waals surface area (Å²) < 4.78 is 15.2. The molecule has 1 aromatic heterocycles. The minimum atomic E-state index is -0.208. The van der Waals surface area contributed by atoms with E-state index in [2.05, 4.69) is 10.00 Å². The summed E-state index contributed by atoms with van der Waals surface area (Å²) in [7, 11) is 1.93. The van der Waals surface area contributed by atoms with E-state index in [0.717, 1.165) is 31.6 Å². The highest BCUT2D eigenvalue weighted by molar-refractivity contribution is 5.46. The van der Waals surface area contributed by atoms with Crippen LogP contribution in [-0.4, -0.2) is 29.4 Å². The molecular weight excluding hydrogens is 255 g/mol. The highest BCUT2D eigenvalue weighted by Gasteiger charge is 2.08. The number of hydrogen-bond donors (Lipinski definition) is 1. The monoisotopic (exact) mass is 276 g/mol. The van der Waals surface area contributed by atoms with Gasteiger partial charge in [-0.3, -0.25) is 4.68 Å². The third-order valence-electron chi connectivity index (χ3n) is 3.37. The number of nitrogens with zero attached hydrogens (tertiary/aromatic N) is 3. The summed E-state index contributed by atoms with van der Waals surface area (Å²) in [6.07, 6.45) is 3.56. The van der Waals surface area contributed by atoms with Gasteiger partial charge < -0.3 is 10.6 Å². The van der Waals surface area contributed by atoms with Gasteiger partial charge in [-0.15, -0.1) is 0 Å². The molecule has 0 saturated heterocycles. The quantitative estimate of drug-likeness (QED) is 0.841. The maximum absolute atomic E-state index is 13.4. The normalized spacial score (nSPS) is 10.8. The molecule has 2 N–H and O–H groups in total. The van der Waals surface area contributed by atoms with Crippen molar-refractivity contribution in [2.75, 3.05) is 24.5 Å². The van der Waals surface area contributed by atoms with Crippen molar-refractivity contribution in [3.63, 3.8) is 0 Å². The van der Waals surface area contributed by atoms with Gasteiger partial charge in [0.2, 0.25) is 0 Å². The molecule has 0 saturated carbocycles. The molecule has 108 valence electrons. The van der Waals surface area contributed by atoms with Crippen LogP contribution in [0.3, 0.4) is 0 Å². The molecule has 0 aliphatic rings. The van der Waals surface area contributed by atoms with E-state index in [4.69, 9.17) is 5.73 Å². The van der Waals surface area contributed by atoms with Gasteiger partial charge in [-0.25, -0.2) is 4.39 Å². The first-order valence-corrected chi connectivity index (χ1v) is 6.88. The summed E-state index contributed by atoms with van der Waals surface area (Å²) >= 11 is 0. The minimum absolute atomic E-state index is 0.208. The van der Waals surface area contributed by atoms with Crippen LogP contribution in [0.5, 0.6) is 0 Å². The van der Waals surface area contributed by atoms with Crippen LogP contribution in [0.1, 0.15) is 12.1 Å². The maximum Gasteiger partial charge on any atom is 0.125 e. The first-order valence-electron chi connectivity index (χ1n) is 6.88. The van der Waals surface area contributed by atoms with Gasteiger partial charge in [0.25, 0.3) is 0 Å². The molecule has 0 unspecified atom stereocenters. The van der Waals surface area contributed by atoms with E-state index in [1.54, 1.807) is 18.3 Å². The minimum Gasteiger partial charge on any atom is -0.371 e. The van der Waals surface area contributed by atoms with E-state index in [-0.39, 0.29) is 5.82 Å². The number of anilines is 1. The van der Waals surface area contributed by atoms with Gasteiger partial charge in [-0.1, -0.05) is 6.07 Å². The Labute approximate surface area is 119 Å². The number of aryl methyl sites for hydroxylation is 1. The molecular formula is C15H21FN4. The standard InChI is InChI=1S/C15H21FN4/c1-19-14(6-9-18-19)7-11-20(10-3-8-17)15-5-2-4-13(16)12-15/h2,4-6,9,12H,3,7-8,10-11,17H2,1H3. The Kier molecular flexibility index (Phi) is 5.12. The smallest absolute Gasteiger partial charge is 0.125 e. The Bertz CT molecular complexity index is 538. The Morgan fingerprint density at radius 1 is 1.30 bits per heavy atom. The van der Waals surface area contributed by atoms with Crippen molar-refractivity contribution in [3.8, 4) is 0 Å². The second kappa shape index (κ2) is 7.05. The molecule has 2 aromatic rings. The van der Waals surface area contributed by atoms with Crippen LogP contribution >= 0.6 is 0 Å². The van der Waals surface area contributed by atoms with Crippen molar-refractivity contribution in [2.45, 2.75) is 12.8 Å². The lowest BCUT2D eigenvalue weighted by molar-refractivity contribution is 0.624. The topological polar surface area (TPSA) is 47.1 Å². The van der Waals surface area contributed by atoms with Crippen molar-refractivity contribution >= 4 is 5.69 Å². The third kappa shape index (κ3) is 3.81. The maximum atomic E-state index is 13.4. The first-order chi connectivity index (χ1) is 9.70. The van der Waals surface area contributed by atoms with Crippen LogP contribution < -0.4 is 10.6 Å². The van der Waals surface area contributed by atoms with Crippen LogP contribution in [0.2, 0.25) is 0 Å².